The summed E-state index contributed by atoms with van der Waals surface area (Å²) in [6, 6.07) is -1.54. The van der Waals surface area contributed by atoms with Gasteiger partial charge in [-0.05, 0) is 38.5 Å². The number of unbranched alkanes of at least 4 members (excludes halogenated alkanes) is 12. The molecular formula is C31H56NO10P. The second-order valence-corrected chi connectivity index (χ2v) is 12.1. The summed E-state index contributed by atoms with van der Waals surface area (Å²) in [6.45, 7) is 1.88. The van der Waals surface area contributed by atoms with Gasteiger partial charge in [0, 0.05) is 12.8 Å². The van der Waals surface area contributed by atoms with Crippen molar-refractivity contribution in [2.75, 3.05) is 19.8 Å². The van der Waals surface area contributed by atoms with Crippen molar-refractivity contribution in [3.05, 3.63) is 24.3 Å². The van der Waals surface area contributed by atoms with Crippen molar-refractivity contribution in [1.82, 2.24) is 5.32 Å². The van der Waals surface area contributed by atoms with Gasteiger partial charge in [-0.3, -0.25) is 18.6 Å². The molecule has 0 aliphatic heterocycles. The molecule has 3 unspecified atom stereocenters. The summed E-state index contributed by atoms with van der Waals surface area (Å²) in [5.74, 6) is -2.48. The summed E-state index contributed by atoms with van der Waals surface area (Å²) < 4.78 is 25.9. The molecule has 12 heteroatoms. The van der Waals surface area contributed by atoms with Gasteiger partial charge in [0.1, 0.15) is 12.7 Å². The van der Waals surface area contributed by atoms with Crippen LogP contribution in [0.3, 0.4) is 0 Å². The van der Waals surface area contributed by atoms with E-state index in [1.165, 1.54) is 51.4 Å². The molecule has 0 aromatic heterocycles. The molecule has 3 atom stereocenters. The standard InChI is InChI=1S/C31H56NO10P/c1-3-5-6-7-8-9-10-11-12-13-14-15-16-17-18-19-20-21-22-23-29(34)32-28(31(36)37)26-42-43(38,39)41-25-27(33)24-40-30(35)4-2/h8-9,11-12,27-28,33H,3-7,10,13-26H2,1-2H3,(H,32,34)(H,36,37)(H,38,39)/b9-8-,12-11-. The van der Waals surface area contributed by atoms with Crippen LogP contribution in [0.15, 0.2) is 24.3 Å². The van der Waals surface area contributed by atoms with Crippen molar-refractivity contribution < 1.29 is 47.8 Å². The van der Waals surface area contributed by atoms with E-state index < -0.39 is 57.6 Å². The number of ether oxygens (including phenoxy) is 1. The lowest BCUT2D eigenvalue weighted by atomic mass is 10.1. The quantitative estimate of drug-likeness (QED) is 0.0314. The number of carbonyl (C=O) groups excluding carboxylic acids is 2. The number of esters is 1. The monoisotopic (exact) mass is 633 g/mol. The van der Waals surface area contributed by atoms with Crippen LogP contribution in [-0.4, -0.2) is 64.9 Å². The summed E-state index contributed by atoms with van der Waals surface area (Å²) in [4.78, 5) is 44.4. The van der Waals surface area contributed by atoms with Gasteiger partial charge in [0.2, 0.25) is 5.91 Å². The van der Waals surface area contributed by atoms with E-state index >= 15 is 0 Å². The topological polar surface area (TPSA) is 169 Å². The van der Waals surface area contributed by atoms with Crippen LogP contribution in [0.25, 0.3) is 0 Å². The van der Waals surface area contributed by atoms with E-state index in [9.17, 15) is 34.1 Å². The number of carboxylic acids is 1. The Morgan fingerprint density at radius 1 is 0.767 bits per heavy atom. The van der Waals surface area contributed by atoms with Crippen molar-refractivity contribution in [2.45, 2.75) is 135 Å². The van der Waals surface area contributed by atoms with Crippen molar-refractivity contribution in [3.63, 3.8) is 0 Å². The molecule has 0 spiro atoms. The molecule has 4 N–H and O–H groups in total. The van der Waals surface area contributed by atoms with E-state index in [0.29, 0.717) is 6.42 Å². The molecule has 1 amide bonds. The largest absolute Gasteiger partial charge is 0.480 e. The highest BCUT2D eigenvalue weighted by Gasteiger charge is 2.28. The molecule has 11 nitrogen and oxygen atoms in total. The minimum Gasteiger partial charge on any atom is -0.480 e. The third-order valence-corrected chi connectivity index (χ3v) is 7.50. The van der Waals surface area contributed by atoms with Gasteiger partial charge < -0.3 is 25.2 Å². The maximum Gasteiger partial charge on any atom is 0.472 e. The van der Waals surface area contributed by atoms with Gasteiger partial charge in [-0.1, -0.05) is 95.9 Å². The molecule has 0 radical (unpaired) electrons. The Morgan fingerprint density at radius 3 is 1.86 bits per heavy atom. The molecular weight excluding hydrogens is 577 g/mol. The summed E-state index contributed by atoms with van der Waals surface area (Å²) in [7, 11) is -4.72. The fourth-order valence-electron chi connectivity index (χ4n) is 3.97. The zero-order valence-electron chi connectivity index (χ0n) is 26.3. The van der Waals surface area contributed by atoms with E-state index in [0.717, 1.165) is 38.5 Å². The smallest absolute Gasteiger partial charge is 0.472 e. The van der Waals surface area contributed by atoms with E-state index in [-0.39, 0.29) is 12.8 Å². The summed E-state index contributed by atoms with van der Waals surface area (Å²) >= 11 is 0. The second kappa shape index (κ2) is 27.5. The van der Waals surface area contributed by atoms with E-state index in [1.807, 2.05) is 0 Å². The van der Waals surface area contributed by atoms with Crippen LogP contribution < -0.4 is 5.32 Å². The molecule has 0 aromatic rings. The Morgan fingerprint density at radius 2 is 1.30 bits per heavy atom. The Bertz CT molecular complexity index is 848. The van der Waals surface area contributed by atoms with Gasteiger partial charge in [-0.2, -0.15) is 0 Å². The minimum absolute atomic E-state index is 0.105. The highest BCUT2D eigenvalue weighted by Crippen LogP contribution is 2.43. The molecule has 0 aliphatic carbocycles. The SMILES string of the molecule is CCCCC/C=C\C/C=C\CCCCCCCCCCCC(=O)NC(COP(=O)(O)OCC(O)COC(=O)CC)C(=O)O. The first-order valence-corrected chi connectivity index (χ1v) is 17.4. The zero-order valence-corrected chi connectivity index (χ0v) is 27.1. The molecule has 0 fully saturated rings. The Balaban J connectivity index is 3.87. The number of carbonyl (C=O) groups is 3. The third kappa shape index (κ3) is 27.3. The third-order valence-electron chi connectivity index (χ3n) is 6.55. The molecule has 0 rings (SSSR count). The fraction of sp³-hybridized carbons (Fsp3) is 0.774. The first kappa shape index (κ1) is 41.0. The Hall–Kier alpha value is -2.04. The van der Waals surface area contributed by atoms with Gasteiger partial charge >= 0.3 is 19.8 Å². The summed E-state index contributed by atoms with van der Waals surface area (Å²) in [5.41, 5.74) is 0. The second-order valence-electron chi connectivity index (χ2n) is 10.6. The number of aliphatic hydroxyl groups excluding tert-OH is 1. The number of allylic oxidation sites excluding steroid dienone is 4. The highest BCUT2D eigenvalue weighted by molar-refractivity contribution is 7.47. The molecule has 0 heterocycles. The molecule has 0 bridgehead atoms. The van der Waals surface area contributed by atoms with E-state index in [1.54, 1.807) is 6.92 Å². The minimum atomic E-state index is -4.72. The van der Waals surface area contributed by atoms with Crippen LogP contribution in [0.4, 0.5) is 0 Å². The lowest BCUT2D eigenvalue weighted by Gasteiger charge is -2.18. The molecule has 0 saturated heterocycles. The van der Waals surface area contributed by atoms with Crippen LogP contribution in [-0.2, 0) is 32.7 Å². The molecule has 0 saturated carbocycles. The molecule has 0 aromatic carbocycles. The van der Waals surface area contributed by atoms with Gasteiger partial charge in [0.15, 0.2) is 6.04 Å². The number of amides is 1. The number of hydrogen-bond acceptors (Lipinski definition) is 8. The Kier molecular flexibility index (Phi) is 26.2. The van der Waals surface area contributed by atoms with Crippen LogP contribution in [0.2, 0.25) is 0 Å². The first-order chi connectivity index (χ1) is 20.6. The van der Waals surface area contributed by atoms with Gasteiger partial charge in [-0.25, -0.2) is 9.36 Å². The molecule has 250 valence electrons. The van der Waals surface area contributed by atoms with Gasteiger partial charge in [0.25, 0.3) is 0 Å². The van der Waals surface area contributed by atoms with E-state index in [2.05, 4.69) is 50.3 Å². The first-order valence-electron chi connectivity index (χ1n) is 15.9. The number of aliphatic carboxylic acids is 1. The lowest BCUT2D eigenvalue weighted by Crippen LogP contribution is -2.43. The number of carboxylic acid groups (broad SMARTS) is 1. The number of rotatable bonds is 29. The average Bonchev–Trinajstić information content (AvgIpc) is 2.97. The van der Waals surface area contributed by atoms with Crippen LogP contribution in [0.1, 0.15) is 123 Å². The number of phosphoric acid groups is 1. The summed E-state index contributed by atoms with van der Waals surface area (Å²) in [6.07, 6.45) is 24.8. The average molecular weight is 634 g/mol. The molecule has 0 aliphatic rings. The van der Waals surface area contributed by atoms with Crippen LogP contribution >= 0.6 is 7.82 Å². The lowest BCUT2D eigenvalue weighted by molar-refractivity contribution is -0.146. The maximum absolute atomic E-state index is 12.2. The van der Waals surface area contributed by atoms with Crippen LogP contribution in [0.5, 0.6) is 0 Å². The van der Waals surface area contributed by atoms with Crippen molar-refractivity contribution in [2.24, 2.45) is 0 Å². The normalized spacial score (nSPS) is 14.5. The Labute approximate surface area is 258 Å². The van der Waals surface area contributed by atoms with Crippen molar-refractivity contribution >= 4 is 25.7 Å². The van der Waals surface area contributed by atoms with Gasteiger partial charge in [-0.15, -0.1) is 0 Å². The number of nitrogens with one attached hydrogen (secondary N) is 1. The summed E-state index contributed by atoms with van der Waals surface area (Å²) in [5, 5.41) is 21.3. The predicted octanol–water partition coefficient (Wildman–Crippen LogP) is 6.38. The maximum atomic E-state index is 12.2. The fourth-order valence-corrected chi connectivity index (χ4v) is 4.74. The van der Waals surface area contributed by atoms with Crippen LogP contribution in [0, 0.1) is 0 Å². The predicted molar refractivity (Wildman–Crippen MR) is 166 cm³/mol. The van der Waals surface area contributed by atoms with Crippen molar-refractivity contribution in [3.8, 4) is 0 Å². The highest BCUT2D eigenvalue weighted by atomic mass is 31.2. The number of phosphoric ester groups is 1. The number of hydrogen-bond donors (Lipinski definition) is 4. The van der Waals surface area contributed by atoms with Gasteiger partial charge in [0.05, 0.1) is 13.2 Å². The zero-order chi connectivity index (χ0) is 32.2. The molecule has 43 heavy (non-hydrogen) atoms. The van der Waals surface area contributed by atoms with E-state index in [4.69, 9.17) is 0 Å². The number of aliphatic hydroxyl groups is 1. The van der Waals surface area contributed by atoms with Crippen molar-refractivity contribution in [1.29, 1.82) is 0 Å².